The van der Waals surface area contributed by atoms with Crippen LogP contribution in [0.15, 0.2) is 0 Å². The SMILES string of the molecule is CCC(O)(CC)CN1CCN(C2CNC2)CC1. The third-order valence-corrected chi connectivity index (χ3v) is 4.52. The van der Waals surface area contributed by atoms with Crippen LogP contribution in [0.3, 0.4) is 0 Å². The first-order valence-electron chi connectivity index (χ1n) is 7.06. The maximum Gasteiger partial charge on any atom is 0.0768 e. The Morgan fingerprint density at radius 3 is 2.12 bits per heavy atom. The van der Waals surface area contributed by atoms with Crippen molar-refractivity contribution < 1.29 is 5.11 Å². The number of piperazine rings is 1. The summed E-state index contributed by atoms with van der Waals surface area (Å²) in [5.74, 6) is 0. The maximum atomic E-state index is 10.3. The van der Waals surface area contributed by atoms with E-state index in [1.165, 1.54) is 0 Å². The molecule has 0 saturated carbocycles. The molecule has 2 N–H and O–H groups in total. The van der Waals surface area contributed by atoms with Gasteiger partial charge in [0.25, 0.3) is 0 Å². The van der Waals surface area contributed by atoms with Crippen LogP contribution in [0.4, 0.5) is 0 Å². The van der Waals surface area contributed by atoms with Gasteiger partial charge in [0, 0.05) is 51.9 Å². The van der Waals surface area contributed by atoms with Gasteiger partial charge in [-0.25, -0.2) is 0 Å². The molecule has 0 atom stereocenters. The first-order chi connectivity index (χ1) is 8.17. The number of β-amino-alcohol motifs (C(OH)–C–C–N with tert-alkyl or cyclic N) is 1. The molecule has 2 fully saturated rings. The van der Waals surface area contributed by atoms with E-state index in [4.69, 9.17) is 0 Å². The Labute approximate surface area is 105 Å². The van der Waals surface area contributed by atoms with Crippen LogP contribution in [0.5, 0.6) is 0 Å². The zero-order valence-electron chi connectivity index (χ0n) is 11.3. The average molecular weight is 241 g/mol. The Hall–Kier alpha value is -0.160. The van der Waals surface area contributed by atoms with Crippen LogP contribution in [0, 0.1) is 0 Å². The summed E-state index contributed by atoms with van der Waals surface area (Å²) in [6.07, 6.45) is 1.71. The predicted molar refractivity (Wildman–Crippen MR) is 70.2 cm³/mol. The summed E-state index contributed by atoms with van der Waals surface area (Å²) < 4.78 is 0. The highest BCUT2D eigenvalue weighted by Crippen LogP contribution is 2.18. The Morgan fingerprint density at radius 2 is 1.71 bits per heavy atom. The lowest BCUT2D eigenvalue weighted by molar-refractivity contribution is -0.0220. The Balaban J connectivity index is 1.74. The van der Waals surface area contributed by atoms with E-state index in [-0.39, 0.29) is 0 Å². The summed E-state index contributed by atoms with van der Waals surface area (Å²) in [5, 5.41) is 13.7. The molecular weight excluding hydrogens is 214 g/mol. The zero-order chi connectivity index (χ0) is 12.3. The van der Waals surface area contributed by atoms with Crippen LogP contribution in [0.2, 0.25) is 0 Å². The number of nitrogens with one attached hydrogen (secondary N) is 1. The number of hydrogen-bond donors (Lipinski definition) is 2. The quantitative estimate of drug-likeness (QED) is 0.717. The van der Waals surface area contributed by atoms with Crippen molar-refractivity contribution in [1.29, 1.82) is 0 Å². The lowest BCUT2D eigenvalue weighted by Gasteiger charge is -2.44. The van der Waals surface area contributed by atoms with Crippen molar-refractivity contribution in [2.75, 3.05) is 45.8 Å². The number of rotatable bonds is 5. The van der Waals surface area contributed by atoms with Gasteiger partial charge in [-0.15, -0.1) is 0 Å². The van der Waals surface area contributed by atoms with Gasteiger partial charge in [-0.05, 0) is 12.8 Å². The molecular formula is C13H27N3O. The van der Waals surface area contributed by atoms with E-state index >= 15 is 0 Å². The summed E-state index contributed by atoms with van der Waals surface area (Å²) >= 11 is 0. The van der Waals surface area contributed by atoms with Crippen LogP contribution in [0.1, 0.15) is 26.7 Å². The molecule has 0 amide bonds. The van der Waals surface area contributed by atoms with Crippen molar-refractivity contribution in [2.45, 2.75) is 38.3 Å². The maximum absolute atomic E-state index is 10.3. The molecule has 0 aromatic rings. The lowest BCUT2D eigenvalue weighted by Crippen LogP contribution is -2.62. The Morgan fingerprint density at radius 1 is 1.12 bits per heavy atom. The van der Waals surface area contributed by atoms with Gasteiger partial charge < -0.3 is 10.4 Å². The van der Waals surface area contributed by atoms with E-state index < -0.39 is 5.60 Å². The van der Waals surface area contributed by atoms with E-state index in [0.717, 1.165) is 64.7 Å². The van der Waals surface area contributed by atoms with Crippen LogP contribution in [0.25, 0.3) is 0 Å². The molecule has 17 heavy (non-hydrogen) atoms. The van der Waals surface area contributed by atoms with Gasteiger partial charge in [0.05, 0.1) is 5.60 Å². The molecule has 4 heteroatoms. The molecule has 0 aliphatic carbocycles. The van der Waals surface area contributed by atoms with Crippen molar-refractivity contribution in [3.63, 3.8) is 0 Å². The van der Waals surface area contributed by atoms with Gasteiger partial charge in [0.2, 0.25) is 0 Å². The molecule has 0 radical (unpaired) electrons. The molecule has 0 spiro atoms. The van der Waals surface area contributed by atoms with Gasteiger partial charge >= 0.3 is 0 Å². The first-order valence-corrected chi connectivity index (χ1v) is 7.06. The second-order valence-electron chi connectivity index (χ2n) is 5.56. The predicted octanol–water partition coefficient (Wildman–Crippen LogP) is 0.127. The summed E-state index contributed by atoms with van der Waals surface area (Å²) in [6, 6.07) is 0.772. The molecule has 0 unspecified atom stereocenters. The summed E-state index contributed by atoms with van der Waals surface area (Å²) in [4.78, 5) is 5.01. The van der Waals surface area contributed by atoms with E-state index in [1.807, 2.05) is 0 Å². The van der Waals surface area contributed by atoms with Crippen molar-refractivity contribution in [2.24, 2.45) is 0 Å². The summed E-state index contributed by atoms with van der Waals surface area (Å²) in [7, 11) is 0. The minimum Gasteiger partial charge on any atom is -0.389 e. The number of nitrogens with zero attached hydrogens (tertiary/aromatic N) is 2. The molecule has 2 saturated heterocycles. The third-order valence-electron chi connectivity index (χ3n) is 4.52. The fourth-order valence-electron chi connectivity index (χ4n) is 2.71. The van der Waals surface area contributed by atoms with Crippen molar-refractivity contribution in [1.82, 2.24) is 15.1 Å². The van der Waals surface area contributed by atoms with E-state index in [1.54, 1.807) is 0 Å². The lowest BCUT2D eigenvalue weighted by atomic mass is 9.96. The largest absolute Gasteiger partial charge is 0.389 e. The van der Waals surface area contributed by atoms with E-state index in [9.17, 15) is 5.11 Å². The molecule has 0 bridgehead atoms. The highest BCUT2D eigenvalue weighted by Gasteiger charge is 2.31. The summed E-state index contributed by atoms with van der Waals surface area (Å²) in [5.41, 5.74) is -0.472. The monoisotopic (exact) mass is 241 g/mol. The Bertz CT molecular complexity index is 231. The molecule has 2 aliphatic rings. The minimum atomic E-state index is -0.472. The van der Waals surface area contributed by atoms with Gasteiger partial charge in [-0.2, -0.15) is 0 Å². The van der Waals surface area contributed by atoms with Gasteiger partial charge in [0.15, 0.2) is 0 Å². The molecule has 2 rings (SSSR count). The van der Waals surface area contributed by atoms with E-state index in [0.29, 0.717) is 0 Å². The van der Waals surface area contributed by atoms with Gasteiger partial charge in [-0.3, -0.25) is 9.80 Å². The number of hydrogen-bond acceptors (Lipinski definition) is 4. The first kappa shape index (κ1) is 13.3. The van der Waals surface area contributed by atoms with E-state index in [2.05, 4.69) is 29.0 Å². The zero-order valence-corrected chi connectivity index (χ0v) is 11.3. The molecule has 0 aromatic heterocycles. The molecule has 0 aromatic carbocycles. The molecule has 2 aliphatic heterocycles. The second kappa shape index (κ2) is 5.65. The Kier molecular flexibility index (Phi) is 4.42. The average Bonchev–Trinajstić information content (AvgIpc) is 2.29. The molecule has 4 nitrogen and oxygen atoms in total. The van der Waals surface area contributed by atoms with Crippen molar-refractivity contribution in [3.05, 3.63) is 0 Å². The normalized spacial score (nSPS) is 24.9. The van der Waals surface area contributed by atoms with Crippen LogP contribution in [-0.2, 0) is 0 Å². The van der Waals surface area contributed by atoms with Gasteiger partial charge in [-0.1, -0.05) is 13.8 Å². The van der Waals surface area contributed by atoms with Gasteiger partial charge in [0.1, 0.15) is 0 Å². The van der Waals surface area contributed by atoms with Crippen LogP contribution in [-0.4, -0.2) is 72.4 Å². The van der Waals surface area contributed by atoms with Crippen LogP contribution >= 0.6 is 0 Å². The highest BCUT2D eigenvalue weighted by atomic mass is 16.3. The third kappa shape index (κ3) is 3.19. The highest BCUT2D eigenvalue weighted by molar-refractivity contribution is 4.89. The minimum absolute atomic E-state index is 0.472. The fourth-order valence-corrected chi connectivity index (χ4v) is 2.71. The topological polar surface area (TPSA) is 38.7 Å². The van der Waals surface area contributed by atoms with Crippen molar-refractivity contribution >= 4 is 0 Å². The van der Waals surface area contributed by atoms with Crippen molar-refractivity contribution in [3.8, 4) is 0 Å². The summed E-state index contributed by atoms with van der Waals surface area (Å²) in [6.45, 7) is 11.9. The fraction of sp³-hybridized carbons (Fsp3) is 1.00. The standard InChI is InChI=1S/C13H27N3O/c1-3-13(17,4-2)11-15-5-7-16(8-6-15)12-9-14-10-12/h12,14,17H,3-11H2,1-2H3. The molecule has 2 heterocycles. The number of aliphatic hydroxyl groups is 1. The smallest absolute Gasteiger partial charge is 0.0768 e. The molecule has 100 valence electrons. The second-order valence-corrected chi connectivity index (χ2v) is 5.56. The van der Waals surface area contributed by atoms with Crippen LogP contribution < -0.4 is 5.32 Å².